The van der Waals surface area contributed by atoms with Crippen molar-refractivity contribution in [1.82, 2.24) is 14.1 Å². The number of sulfonamides is 1. The van der Waals surface area contributed by atoms with Gasteiger partial charge in [-0.2, -0.15) is 9.40 Å². The third-order valence-electron chi connectivity index (χ3n) is 4.52. The Morgan fingerprint density at radius 2 is 1.86 bits per heavy atom. The highest BCUT2D eigenvalue weighted by atomic mass is 32.2. The number of nitrogens with zero attached hydrogens (tertiary/aromatic N) is 3. The van der Waals surface area contributed by atoms with E-state index in [-0.39, 0.29) is 10.5 Å². The van der Waals surface area contributed by atoms with Gasteiger partial charge in [-0.15, -0.1) is 0 Å². The summed E-state index contributed by atoms with van der Waals surface area (Å²) in [6.45, 7) is 7.19. The fourth-order valence-corrected chi connectivity index (χ4v) is 4.34. The van der Waals surface area contributed by atoms with Crippen molar-refractivity contribution < 1.29 is 22.7 Å². The molecule has 0 aliphatic heterocycles. The molecule has 158 valence electrons. The number of anilines is 1. The second-order valence-electron chi connectivity index (χ2n) is 6.41. The highest BCUT2D eigenvalue weighted by Crippen LogP contribution is 2.19. The van der Waals surface area contributed by atoms with Crippen LogP contribution < -0.4 is 5.32 Å². The van der Waals surface area contributed by atoms with E-state index in [1.165, 1.54) is 28.6 Å². The van der Waals surface area contributed by atoms with Crippen LogP contribution in [0.3, 0.4) is 0 Å². The molecule has 0 bridgehead atoms. The standard InChI is InChI=1S/C19H26N4O5S/c1-6-23(7-2)29(26,27)16-10-8-9-15(11-16)19(25)28-12-17(24)20-18-13(3)21-22(5)14(18)4/h8-11H,6-7,12H2,1-5H3,(H,20,24). The second kappa shape index (κ2) is 9.19. The SMILES string of the molecule is CCN(CC)S(=O)(=O)c1cccc(C(=O)OCC(=O)Nc2c(C)nn(C)c2C)c1. The van der Waals surface area contributed by atoms with Gasteiger partial charge in [0.05, 0.1) is 27.5 Å². The molecule has 0 atom stereocenters. The van der Waals surface area contributed by atoms with Crippen LogP contribution in [0.4, 0.5) is 5.69 Å². The third-order valence-corrected chi connectivity index (χ3v) is 6.57. The number of rotatable bonds is 8. The fraction of sp³-hybridized carbons (Fsp3) is 0.421. The molecule has 1 aromatic heterocycles. The zero-order chi connectivity index (χ0) is 21.8. The molecule has 1 N–H and O–H groups in total. The van der Waals surface area contributed by atoms with Crippen LogP contribution in [-0.4, -0.2) is 54.1 Å². The highest BCUT2D eigenvalue weighted by molar-refractivity contribution is 7.89. The Morgan fingerprint density at radius 1 is 1.21 bits per heavy atom. The summed E-state index contributed by atoms with van der Waals surface area (Å²) >= 11 is 0. The van der Waals surface area contributed by atoms with Crippen LogP contribution in [0.5, 0.6) is 0 Å². The lowest BCUT2D eigenvalue weighted by atomic mass is 10.2. The van der Waals surface area contributed by atoms with Crippen LogP contribution in [-0.2, 0) is 26.6 Å². The summed E-state index contributed by atoms with van der Waals surface area (Å²) in [4.78, 5) is 24.4. The Kier molecular flexibility index (Phi) is 7.15. The average molecular weight is 423 g/mol. The largest absolute Gasteiger partial charge is 0.452 e. The lowest BCUT2D eigenvalue weighted by Crippen LogP contribution is -2.30. The number of benzene rings is 1. The summed E-state index contributed by atoms with van der Waals surface area (Å²) in [5.41, 5.74) is 2.05. The molecule has 1 heterocycles. The smallest absolute Gasteiger partial charge is 0.338 e. The van der Waals surface area contributed by atoms with Gasteiger partial charge in [0.2, 0.25) is 10.0 Å². The quantitative estimate of drug-likeness (QED) is 0.650. The van der Waals surface area contributed by atoms with Crippen molar-refractivity contribution in [2.75, 3.05) is 25.0 Å². The van der Waals surface area contributed by atoms with Crippen LogP contribution in [0, 0.1) is 13.8 Å². The van der Waals surface area contributed by atoms with Gasteiger partial charge in [0.25, 0.3) is 5.91 Å². The van der Waals surface area contributed by atoms with Gasteiger partial charge in [0.15, 0.2) is 6.61 Å². The number of amides is 1. The number of carbonyl (C=O) groups is 2. The molecule has 29 heavy (non-hydrogen) atoms. The normalized spacial score (nSPS) is 11.5. The third kappa shape index (κ3) is 5.01. The highest BCUT2D eigenvalue weighted by Gasteiger charge is 2.23. The van der Waals surface area contributed by atoms with Crippen molar-refractivity contribution in [3.05, 3.63) is 41.2 Å². The molecule has 2 aromatic rings. The van der Waals surface area contributed by atoms with Gasteiger partial charge in [-0.05, 0) is 32.0 Å². The predicted molar refractivity (Wildman–Crippen MR) is 108 cm³/mol. The minimum absolute atomic E-state index is 0.00158. The minimum Gasteiger partial charge on any atom is -0.452 e. The number of ether oxygens (including phenoxy) is 1. The molecule has 0 saturated carbocycles. The Morgan fingerprint density at radius 3 is 2.41 bits per heavy atom. The molecular weight excluding hydrogens is 396 g/mol. The van der Waals surface area contributed by atoms with Gasteiger partial charge in [-0.25, -0.2) is 13.2 Å². The van der Waals surface area contributed by atoms with E-state index in [9.17, 15) is 18.0 Å². The maximum absolute atomic E-state index is 12.6. The van der Waals surface area contributed by atoms with Crippen LogP contribution in [0.25, 0.3) is 0 Å². The summed E-state index contributed by atoms with van der Waals surface area (Å²) in [5, 5.41) is 6.87. The van der Waals surface area contributed by atoms with Crippen molar-refractivity contribution in [3.8, 4) is 0 Å². The Balaban J connectivity index is 2.07. The first-order chi connectivity index (χ1) is 13.6. The molecular formula is C19H26N4O5S. The van der Waals surface area contributed by atoms with E-state index in [0.717, 1.165) is 5.69 Å². The summed E-state index contributed by atoms with van der Waals surface area (Å²) in [6, 6.07) is 5.58. The molecule has 0 unspecified atom stereocenters. The zero-order valence-corrected chi connectivity index (χ0v) is 18.0. The number of hydrogen-bond acceptors (Lipinski definition) is 6. The van der Waals surface area contributed by atoms with Crippen molar-refractivity contribution in [1.29, 1.82) is 0 Å². The van der Waals surface area contributed by atoms with E-state index in [1.54, 1.807) is 32.5 Å². The van der Waals surface area contributed by atoms with Gasteiger partial charge in [0, 0.05) is 20.1 Å². The Hall–Kier alpha value is -2.72. The molecule has 2 rings (SSSR count). The summed E-state index contributed by atoms with van der Waals surface area (Å²) in [6.07, 6.45) is 0. The van der Waals surface area contributed by atoms with Crippen molar-refractivity contribution in [2.45, 2.75) is 32.6 Å². The van der Waals surface area contributed by atoms with E-state index in [0.29, 0.717) is 24.5 Å². The maximum atomic E-state index is 12.6. The van der Waals surface area contributed by atoms with Gasteiger partial charge >= 0.3 is 5.97 Å². The second-order valence-corrected chi connectivity index (χ2v) is 8.35. The van der Waals surface area contributed by atoms with Gasteiger partial charge in [-0.3, -0.25) is 9.48 Å². The molecule has 0 aliphatic rings. The first-order valence-corrected chi connectivity index (χ1v) is 10.6. The zero-order valence-electron chi connectivity index (χ0n) is 17.2. The van der Waals surface area contributed by atoms with Crippen molar-refractivity contribution in [2.24, 2.45) is 7.05 Å². The summed E-state index contributed by atoms with van der Waals surface area (Å²) in [5.74, 6) is -1.29. The lowest BCUT2D eigenvalue weighted by molar-refractivity contribution is -0.119. The van der Waals surface area contributed by atoms with Crippen LogP contribution in [0.1, 0.15) is 35.6 Å². The lowest BCUT2D eigenvalue weighted by Gasteiger charge is -2.18. The van der Waals surface area contributed by atoms with E-state index in [2.05, 4.69) is 10.4 Å². The number of hydrogen-bond donors (Lipinski definition) is 1. The van der Waals surface area contributed by atoms with E-state index < -0.39 is 28.5 Å². The Labute approximate surface area is 170 Å². The monoisotopic (exact) mass is 422 g/mol. The average Bonchev–Trinajstić information content (AvgIpc) is 2.93. The van der Waals surface area contributed by atoms with Crippen LogP contribution in [0.15, 0.2) is 29.2 Å². The number of carbonyl (C=O) groups excluding carboxylic acids is 2. The minimum atomic E-state index is -3.70. The molecule has 0 fully saturated rings. The number of esters is 1. The molecule has 0 saturated heterocycles. The number of nitrogens with one attached hydrogen (secondary N) is 1. The van der Waals surface area contributed by atoms with Gasteiger partial charge in [-0.1, -0.05) is 19.9 Å². The molecule has 0 spiro atoms. The van der Waals surface area contributed by atoms with E-state index in [4.69, 9.17) is 4.74 Å². The van der Waals surface area contributed by atoms with Crippen LogP contribution in [0.2, 0.25) is 0 Å². The van der Waals surface area contributed by atoms with E-state index >= 15 is 0 Å². The maximum Gasteiger partial charge on any atom is 0.338 e. The summed E-state index contributed by atoms with van der Waals surface area (Å²) < 4.78 is 33.2. The van der Waals surface area contributed by atoms with Crippen molar-refractivity contribution in [3.63, 3.8) is 0 Å². The molecule has 1 aromatic carbocycles. The molecule has 10 heteroatoms. The van der Waals surface area contributed by atoms with Gasteiger partial charge in [0.1, 0.15) is 0 Å². The van der Waals surface area contributed by atoms with Crippen molar-refractivity contribution >= 4 is 27.6 Å². The Bertz CT molecular complexity index is 1010. The predicted octanol–water partition coefficient (Wildman–Crippen LogP) is 1.86. The molecule has 0 radical (unpaired) electrons. The fourth-order valence-electron chi connectivity index (χ4n) is 2.84. The first-order valence-electron chi connectivity index (χ1n) is 9.19. The topological polar surface area (TPSA) is 111 Å². The summed E-state index contributed by atoms with van der Waals surface area (Å²) in [7, 11) is -1.94. The number of aromatic nitrogens is 2. The molecule has 9 nitrogen and oxygen atoms in total. The van der Waals surface area contributed by atoms with Crippen LogP contribution >= 0.6 is 0 Å². The first kappa shape index (κ1) is 22.6. The van der Waals surface area contributed by atoms with Gasteiger partial charge < -0.3 is 10.1 Å². The molecule has 0 aliphatic carbocycles. The number of aryl methyl sites for hydroxylation is 2. The van der Waals surface area contributed by atoms with E-state index in [1.807, 2.05) is 6.92 Å². The molecule has 1 amide bonds.